The summed E-state index contributed by atoms with van der Waals surface area (Å²) in [4.78, 5) is 30.9. The van der Waals surface area contributed by atoms with Crippen LogP contribution in [-0.2, 0) is 11.3 Å². The van der Waals surface area contributed by atoms with E-state index in [2.05, 4.69) is 5.32 Å². The van der Waals surface area contributed by atoms with Gasteiger partial charge < -0.3 is 5.32 Å². The molecular formula is C26H25N3O2S. The summed E-state index contributed by atoms with van der Waals surface area (Å²) >= 11 is 1.29. The summed E-state index contributed by atoms with van der Waals surface area (Å²) in [7, 11) is 0. The summed E-state index contributed by atoms with van der Waals surface area (Å²) < 4.78 is 1.61. The van der Waals surface area contributed by atoms with Crippen LogP contribution in [0.15, 0.2) is 82.7 Å². The predicted octanol–water partition coefficient (Wildman–Crippen LogP) is 4.80. The normalized spacial score (nSPS) is 12.0. The van der Waals surface area contributed by atoms with Crippen molar-refractivity contribution in [1.29, 1.82) is 0 Å². The Balaban J connectivity index is 1.68. The monoisotopic (exact) mass is 443 g/mol. The van der Waals surface area contributed by atoms with Gasteiger partial charge in [0.2, 0.25) is 5.91 Å². The van der Waals surface area contributed by atoms with Gasteiger partial charge in [0.05, 0.1) is 21.8 Å². The first-order valence-corrected chi connectivity index (χ1v) is 11.4. The van der Waals surface area contributed by atoms with Crippen molar-refractivity contribution in [1.82, 2.24) is 14.9 Å². The van der Waals surface area contributed by atoms with Crippen molar-refractivity contribution in [3.05, 3.63) is 99.8 Å². The van der Waals surface area contributed by atoms with E-state index in [1.165, 1.54) is 11.8 Å². The molecule has 0 aliphatic heterocycles. The number of nitrogens with zero attached hydrogens (tertiary/aromatic N) is 2. The fourth-order valence-electron chi connectivity index (χ4n) is 3.42. The van der Waals surface area contributed by atoms with E-state index in [-0.39, 0.29) is 11.5 Å². The molecule has 0 saturated heterocycles. The predicted molar refractivity (Wildman–Crippen MR) is 130 cm³/mol. The summed E-state index contributed by atoms with van der Waals surface area (Å²) in [6, 6.07) is 23.0. The minimum absolute atomic E-state index is 0.104. The molecule has 1 heterocycles. The Morgan fingerprint density at radius 3 is 2.47 bits per heavy atom. The molecule has 0 aliphatic carbocycles. The lowest BCUT2D eigenvalue weighted by atomic mass is 10.1. The third-order valence-corrected chi connectivity index (χ3v) is 6.51. The van der Waals surface area contributed by atoms with Crippen molar-refractivity contribution >= 4 is 28.6 Å². The maximum absolute atomic E-state index is 13.4. The van der Waals surface area contributed by atoms with Crippen LogP contribution >= 0.6 is 11.8 Å². The molecule has 0 saturated carbocycles. The SMILES string of the molecule is Cc1ccc(-n2c(SC(C)C(=O)NCc3ccccc3)nc3ccccc3c2=O)cc1C. The Bertz CT molecular complexity index is 1330. The molecule has 1 atom stereocenters. The van der Waals surface area contributed by atoms with Gasteiger partial charge in [0.15, 0.2) is 5.16 Å². The molecule has 1 unspecified atom stereocenters. The zero-order valence-electron chi connectivity index (χ0n) is 18.3. The zero-order valence-corrected chi connectivity index (χ0v) is 19.1. The quantitative estimate of drug-likeness (QED) is 0.343. The third-order valence-electron chi connectivity index (χ3n) is 5.45. The second-order valence-electron chi connectivity index (χ2n) is 7.78. The molecule has 1 amide bonds. The van der Waals surface area contributed by atoms with E-state index in [1.54, 1.807) is 10.6 Å². The van der Waals surface area contributed by atoms with Crippen LogP contribution in [-0.4, -0.2) is 20.7 Å². The summed E-state index contributed by atoms with van der Waals surface area (Å²) in [5.41, 5.74) is 4.51. The first kappa shape index (κ1) is 21.8. The van der Waals surface area contributed by atoms with E-state index in [9.17, 15) is 9.59 Å². The molecule has 1 N–H and O–H groups in total. The van der Waals surface area contributed by atoms with Gasteiger partial charge in [0.1, 0.15) is 0 Å². The first-order chi connectivity index (χ1) is 15.4. The number of benzene rings is 3. The van der Waals surface area contributed by atoms with Crippen molar-refractivity contribution in [2.24, 2.45) is 0 Å². The average Bonchev–Trinajstić information content (AvgIpc) is 2.80. The average molecular weight is 444 g/mol. The van der Waals surface area contributed by atoms with Gasteiger partial charge in [-0.15, -0.1) is 0 Å². The van der Waals surface area contributed by atoms with E-state index in [4.69, 9.17) is 4.98 Å². The smallest absolute Gasteiger partial charge is 0.266 e. The molecule has 1 aromatic heterocycles. The molecule has 32 heavy (non-hydrogen) atoms. The molecule has 4 aromatic rings. The number of thioether (sulfide) groups is 1. The van der Waals surface area contributed by atoms with Gasteiger partial charge in [-0.25, -0.2) is 4.98 Å². The molecular weight excluding hydrogens is 418 g/mol. The van der Waals surface area contributed by atoms with Crippen LogP contribution in [0.5, 0.6) is 0 Å². The van der Waals surface area contributed by atoms with Gasteiger partial charge in [-0.3, -0.25) is 14.2 Å². The van der Waals surface area contributed by atoms with Gasteiger partial charge in [-0.05, 0) is 61.7 Å². The number of carbonyl (C=O) groups is 1. The second-order valence-corrected chi connectivity index (χ2v) is 9.09. The number of carbonyl (C=O) groups excluding carboxylic acids is 1. The summed E-state index contributed by atoms with van der Waals surface area (Å²) in [6.45, 7) is 6.34. The summed E-state index contributed by atoms with van der Waals surface area (Å²) in [5.74, 6) is -0.104. The number of hydrogen-bond donors (Lipinski definition) is 1. The largest absolute Gasteiger partial charge is 0.351 e. The van der Waals surface area contributed by atoms with E-state index in [1.807, 2.05) is 87.5 Å². The van der Waals surface area contributed by atoms with Crippen molar-refractivity contribution in [3.8, 4) is 5.69 Å². The van der Waals surface area contributed by atoms with Gasteiger partial charge in [-0.2, -0.15) is 0 Å². The van der Waals surface area contributed by atoms with E-state index >= 15 is 0 Å². The van der Waals surface area contributed by atoms with E-state index in [0.29, 0.717) is 22.6 Å². The Morgan fingerprint density at radius 1 is 1.00 bits per heavy atom. The molecule has 5 nitrogen and oxygen atoms in total. The van der Waals surface area contributed by atoms with Crippen molar-refractivity contribution < 1.29 is 4.79 Å². The lowest BCUT2D eigenvalue weighted by Crippen LogP contribution is -2.31. The van der Waals surface area contributed by atoms with Crippen LogP contribution in [0.25, 0.3) is 16.6 Å². The van der Waals surface area contributed by atoms with Crippen LogP contribution in [0.2, 0.25) is 0 Å². The molecule has 0 aliphatic rings. The molecule has 4 rings (SSSR count). The summed E-state index contributed by atoms with van der Waals surface area (Å²) in [5, 5.41) is 3.60. The highest BCUT2D eigenvalue weighted by atomic mass is 32.2. The first-order valence-electron chi connectivity index (χ1n) is 10.5. The van der Waals surface area contributed by atoms with Gasteiger partial charge >= 0.3 is 0 Å². The fraction of sp³-hybridized carbons (Fsp3) is 0.192. The Hall–Kier alpha value is -3.38. The number of hydrogen-bond acceptors (Lipinski definition) is 4. The molecule has 0 spiro atoms. The van der Waals surface area contributed by atoms with Crippen molar-refractivity contribution in [3.63, 3.8) is 0 Å². The lowest BCUT2D eigenvalue weighted by Gasteiger charge is -2.17. The zero-order chi connectivity index (χ0) is 22.7. The fourth-order valence-corrected chi connectivity index (χ4v) is 4.38. The van der Waals surface area contributed by atoms with Crippen LogP contribution < -0.4 is 10.9 Å². The minimum atomic E-state index is -0.426. The maximum Gasteiger partial charge on any atom is 0.266 e. The number of amides is 1. The Morgan fingerprint density at radius 2 is 1.72 bits per heavy atom. The third kappa shape index (κ3) is 4.60. The van der Waals surface area contributed by atoms with Crippen LogP contribution in [0.1, 0.15) is 23.6 Å². The molecule has 0 radical (unpaired) electrons. The van der Waals surface area contributed by atoms with E-state index in [0.717, 1.165) is 22.4 Å². The number of aromatic nitrogens is 2. The highest BCUT2D eigenvalue weighted by Gasteiger charge is 2.20. The Kier molecular flexibility index (Phi) is 6.42. The molecule has 162 valence electrons. The highest BCUT2D eigenvalue weighted by Crippen LogP contribution is 2.26. The topological polar surface area (TPSA) is 64.0 Å². The maximum atomic E-state index is 13.4. The van der Waals surface area contributed by atoms with E-state index < -0.39 is 5.25 Å². The molecule has 6 heteroatoms. The van der Waals surface area contributed by atoms with Crippen LogP contribution in [0.3, 0.4) is 0 Å². The van der Waals surface area contributed by atoms with Gasteiger partial charge in [0, 0.05) is 6.54 Å². The minimum Gasteiger partial charge on any atom is -0.351 e. The number of para-hydroxylation sites is 1. The number of fused-ring (bicyclic) bond motifs is 1. The number of nitrogens with one attached hydrogen (secondary N) is 1. The van der Waals surface area contributed by atoms with Crippen molar-refractivity contribution in [2.75, 3.05) is 0 Å². The van der Waals surface area contributed by atoms with Crippen molar-refractivity contribution in [2.45, 2.75) is 37.7 Å². The second kappa shape index (κ2) is 9.40. The molecule has 0 bridgehead atoms. The van der Waals surface area contributed by atoms with Gasteiger partial charge in [-0.1, -0.05) is 60.3 Å². The molecule has 3 aromatic carbocycles. The Labute approximate surface area is 191 Å². The number of rotatable bonds is 6. The molecule has 0 fully saturated rings. The highest BCUT2D eigenvalue weighted by molar-refractivity contribution is 8.00. The summed E-state index contributed by atoms with van der Waals surface area (Å²) in [6.07, 6.45) is 0. The van der Waals surface area contributed by atoms with Crippen LogP contribution in [0, 0.1) is 13.8 Å². The lowest BCUT2D eigenvalue weighted by molar-refractivity contribution is -0.120. The standard InChI is InChI=1S/C26H25N3O2S/c1-17-13-14-21(15-18(17)2)29-25(31)22-11-7-8-12-23(22)28-26(29)32-19(3)24(30)27-16-20-9-5-4-6-10-20/h4-15,19H,16H2,1-3H3,(H,27,30). The number of aryl methyl sites for hydroxylation is 2. The van der Waals surface area contributed by atoms with Gasteiger partial charge in [0.25, 0.3) is 5.56 Å². The van der Waals surface area contributed by atoms with Crippen LogP contribution in [0.4, 0.5) is 0 Å².